The minimum Gasteiger partial charge on any atom is -0.480 e. The predicted molar refractivity (Wildman–Crippen MR) is 286 cm³/mol. The molecule has 3 unspecified atom stereocenters. The summed E-state index contributed by atoms with van der Waals surface area (Å²) in [5.74, 6) is -2.41. The van der Waals surface area contributed by atoms with Crippen molar-refractivity contribution < 1.29 is 47.8 Å². The van der Waals surface area contributed by atoms with Gasteiger partial charge < -0.3 is 25.2 Å². The van der Waals surface area contributed by atoms with Gasteiger partial charge in [0.05, 0.1) is 13.2 Å². The molecular formula is C57H100NO10P. The monoisotopic (exact) mass is 990 g/mol. The third kappa shape index (κ3) is 51.1. The molecule has 0 aliphatic rings. The van der Waals surface area contributed by atoms with Gasteiger partial charge in [-0.1, -0.05) is 234 Å². The Morgan fingerprint density at radius 1 is 0.478 bits per heavy atom. The fourth-order valence-electron chi connectivity index (χ4n) is 7.56. The zero-order valence-electron chi connectivity index (χ0n) is 43.6. The molecule has 0 aromatic carbocycles. The quantitative estimate of drug-likeness (QED) is 0.0199. The molecule has 0 saturated heterocycles. The standard InChI is InChI=1S/C57H100NO10P/c1-3-5-7-9-11-13-15-17-19-21-23-25-26-27-29-30-32-34-36-38-40-42-44-46-48-55(60)58-54(57(62)63)52-68-69(64,65)67-51-53(59)50-66-56(61)49-47-45-43-41-39-37-35-33-31-28-24-22-20-18-16-14-12-10-8-6-4-2/h6,8,12,14,18,20,24,28,33,35,39,41,53-54,59H,3-5,7,9-11,13,15-17,19,21-23,25-27,29-32,34,36-38,40,42-52H2,1-2H3,(H,58,60)(H,62,63)(H,64,65)/b8-6-,14-12-,20-18-,28-24-,35-33-,41-39-. The highest BCUT2D eigenvalue weighted by Crippen LogP contribution is 2.43. The first kappa shape index (κ1) is 65.9. The molecular weight excluding hydrogens is 890 g/mol. The summed E-state index contributed by atoms with van der Waals surface area (Å²) in [5, 5.41) is 22.0. The molecule has 1 amide bonds. The number of hydrogen-bond acceptors (Lipinski definition) is 8. The Hall–Kier alpha value is -3.08. The zero-order valence-corrected chi connectivity index (χ0v) is 44.5. The van der Waals surface area contributed by atoms with E-state index in [-0.39, 0.29) is 12.8 Å². The highest BCUT2D eigenvalue weighted by molar-refractivity contribution is 7.47. The Kier molecular flexibility index (Phi) is 49.0. The number of carbonyl (C=O) groups is 3. The Balaban J connectivity index is 3.85. The number of aliphatic carboxylic acids is 1. The van der Waals surface area contributed by atoms with E-state index in [9.17, 15) is 34.1 Å². The number of unbranched alkanes of at least 4 members (excludes halogenated alkanes) is 25. The van der Waals surface area contributed by atoms with Crippen molar-refractivity contribution in [3.8, 4) is 0 Å². The number of hydrogen-bond donors (Lipinski definition) is 4. The number of carbonyl (C=O) groups excluding carboxylic acids is 2. The van der Waals surface area contributed by atoms with Crippen molar-refractivity contribution in [3.63, 3.8) is 0 Å². The Morgan fingerprint density at radius 3 is 1.25 bits per heavy atom. The first-order valence-electron chi connectivity index (χ1n) is 27.5. The minimum atomic E-state index is -4.78. The smallest absolute Gasteiger partial charge is 0.472 e. The lowest BCUT2D eigenvalue weighted by Gasteiger charge is -2.18. The Bertz CT molecular complexity index is 1440. The van der Waals surface area contributed by atoms with Crippen LogP contribution < -0.4 is 5.32 Å². The van der Waals surface area contributed by atoms with Crippen molar-refractivity contribution >= 4 is 25.7 Å². The molecule has 0 rings (SSSR count). The second-order valence-electron chi connectivity index (χ2n) is 18.4. The summed E-state index contributed by atoms with van der Waals surface area (Å²) in [5.41, 5.74) is 0. The number of nitrogens with one attached hydrogen (secondary N) is 1. The Labute approximate surface area is 420 Å². The first-order valence-corrected chi connectivity index (χ1v) is 29.0. The number of amides is 1. The number of ether oxygens (including phenoxy) is 1. The van der Waals surface area contributed by atoms with E-state index in [0.717, 1.165) is 70.6 Å². The van der Waals surface area contributed by atoms with Crippen LogP contribution in [0.3, 0.4) is 0 Å². The van der Waals surface area contributed by atoms with Crippen LogP contribution >= 0.6 is 7.82 Å². The van der Waals surface area contributed by atoms with Crippen LogP contribution in [0.15, 0.2) is 72.9 Å². The van der Waals surface area contributed by atoms with Crippen LogP contribution in [0.4, 0.5) is 0 Å². The number of phosphoric ester groups is 1. The van der Waals surface area contributed by atoms with Crippen LogP contribution in [-0.2, 0) is 32.7 Å². The lowest BCUT2D eigenvalue weighted by molar-refractivity contribution is -0.147. The average Bonchev–Trinajstić information content (AvgIpc) is 3.33. The summed E-state index contributed by atoms with van der Waals surface area (Å²) < 4.78 is 27.0. The first-order chi connectivity index (χ1) is 33.6. The zero-order chi connectivity index (χ0) is 50.6. The largest absolute Gasteiger partial charge is 0.480 e. The number of allylic oxidation sites excluding steroid dienone is 12. The van der Waals surface area contributed by atoms with Gasteiger partial charge in [0, 0.05) is 12.8 Å². The van der Waals surface area contributed by atoms with Gasteiger partial charge in [0.25, 0.3) is 0 Å². The van der Waals surface area contributed by atoms with Crippen molar-refractivity contribution in [1.29, 1.82) is 0 Å². The maximum Gasteiger partial charge on any atom is 0.472 e. The molecule has 3 atom stereocenters. The number of carboxylic acids is 1. The van der Waals surface area contributed by atoms with E-state index in [1.54, 1.807) is 0 Å². The maximum atomic E-state index is 12.4. The summed E-state index contributed by atoms with van der Waals surface area (Å²) in [6.07, 6.45) is 63.6. The van der Waals surface area contributed by atoms with E-state index in [0.29, 0.717) is 12.8 Å². The van der Waals surface area contributed by atoms with Gasteiger partial charge in [0.15, 0.2) is 6.04 Å². The van der Waals surface area contributed by atoms with E-state index in [4.69, 9.17) is 13.8 Å². The summed E-state index contributed by atoms with van der Waals surface area (Å²) in [4.78, 5) is 46.2. The predicted octanol–water partition coefficient (Wildman–Crippen LogP) is 15.6. The molecule has 0 saturated carbocycles. The molecule has 0 aromatic rings. The van der Waals surface area contributed by atoms with E-state index in [1.165, 1.54) is 128 Å². The molecule has 11 nitrogen and oxygen atoms in total. The molecule has 0 aliphatic carbocycles. The molecule has 0 fully saturated rings. The van der Waals surface area contributed by atoms with Gasteiger partial charge in [-0.25, -0.2) is 9.36 Å². The maximum absolute atomic E-state index is 12.4. The van der Waals surface area contributed by atoms with Gasteiger partial charge in [0.2, 0.25) is 5.91 Å². The SMILES string of the molecule is CC/C=C\C/C=C\C/C=C\C/C=C\C/C=C\C/C=C\CCCCC(=O)OCC(O)COP(=O)(O)OCC(NC(=O)CCCCCCCCCCCCCCCCCCCCCCCCCC)C(=O)O. The van der Waals surface area contributed by atoms with E-state index in [2.05, 4.69) is 92.1 Å². The normalized spacial score (nSPS) is 14.0. The van der Waals surface area contributed by atoms with Crippen LogP contribution in [0.2, 0.25) is 0 Å². The van der Waals surface area contributed by atoms with E-state index in [1.807, 2.05) is 0 Å². The topological polar surface area (TPSA) is 169 Å². The molecule has 0 bridgehead atoms. The van der Waals surface area contributed by atoms with E-state index >= 15 is 0 Å². The highest BCUT2D eigenvalue weighted by atomic mass is 31.2. The van der Waals surface area contributed by atoms with Gasteiger partial charge in [-0.2, -0.15) is 0 Å². The number of rotatable bonds is 51. The van der Waals surface area contributed by atoms with Crippen LogP contribution in [-0.4, -0.2) is 64.9 Å². The van der Waals surface area contributed by atoms with E-state index < -0.39 is 57.6 Å². The molecule has 398 valence electrons. The lowest BCUT2D eigenvalue weighted by Crippen LogP contribution is -2.43. The van der Waals surface area contributed by atoms with Crippen LogP contribution in [0.5, 0.6) is 0 Å². The third-order valence-electron chi connectivity index (χ3n) is 11.8. The average molecular weight is 990 g/mol. The van der Waals surface area contributed by atoms with Gasteiger partial charge in [0.1, 0.15) is 12.7 Å². The number of phosphoric acid groups is 1. The van der Waals surface area contributed by atoms with Crippen molar-refractivity contribution in [1.82, 2.24) is 5.32 Å². The second-order valence-corrected chi connectivity index (χ2v) is 19.9. The third-order valence-corrected chi connectivity index (χ3v) is 12.7. The molecule has 0 aromatic heterocycles. The fraction of sp³-hybridized carbons (Fsp3) is 0.737. The van der Waals surface area contributed by atoms with Crippen molar-refractivity contribution in [2.24, 2.45) is 0 Å². The minimum absolute atomic E-state index is 0.144. The molecule has 0 aliphatic heterocycles. The lowest BCUT2D eigenvalue weighted by atomic mass is 10.0. The summed E-state index contributed by atoms with van der Waals surface area (Å²) in [6, 6.07) is -1.55. The van der Waals surface area contributed by atoms with Crippen LogP contribution in [0.25, 0.3) is 0 Å². The summed E-state index contributed by atoms with van der Waals surface area (Å²) in [6.45, 7) is 2.47. The second kappa shape index (κ2) is 51.3. The molecule has 12 heteroatoms. The number of esters is 1. The Morgan fingerprint density at radius 2 is 0.841 bits per heavy atom. The van der Waals surface area contributed by atoms with Gasteiger partial charge in [-0.05, 0) is 64.2 Å². The van der Waals surface area contributed by atoms with Gasteiger partial charge in [-0.3, -0.25) is 18.6 Å². The van der Waals surface area contributed by atoms with Gasteiger partial charge >= 0.3 is 19.8 Å². The molecule has 4 N–H and O–H groups in total. The van der Waals surface area contributed by atoms with Crippen LogP contribution in [0.1, 0.15) is 239 Å². The number of aliphatic hydroxyl groups excluding tert-OH is 1. The number of aliphatic hydroxyl groups is 1. The van der Waals surface area contributed by atoms with Gasteiger partial charge in [-0.15, -0.1) is 0 Å². The molecule has 0 radical (unpaired) electrons. The number of carboxylic acid groups (broad SMARTS) is 1. The summed E-state index contributed by atoms with van der Waals surface area (Å²) in [7, 11) is -4.78. The van der Waals surface area contributed by atoms with Crippen LogP contribution in [0, 0.1) is 0 Å². The highest BCUT2D eigenvalue weighted by Gasteiger charge is 2.28. The molecule has 0 heterocycles. The fourth-order valence-corrected chi connectivity index (χ4v) is 8.33. The summed E-state index contributed by atoms with van der Waals surface area (Å²) >= 11 is 0. The van der Waals surface area contributed by atoms with Crippen molar-refractivity contribution in [2.75, 3.05) is 19.8 Å². The molecule has 0 spiro atoms. The van der Waals surface area contributed by atoms with Crippen molar-refractivity contribution in [2.45, 2.75) is 251 Å². The van der Waals surface area contributed by atoms with Crippen molar-refractivity contribution in [3.05, 3.63) is 72.9 Å². The molecule has 69 heavy (non-hydrogen) atoms.